The summed E-state index contributed by atoms with van der Waals surface area (Å²) in [5, 5.41) is 0. The van der Waals surface area contributed by atoms with E-state index >= 15 is 0 Å². The average Bonchev–Trinajstić information content (AvgIpc) is 2.61. The first-order valence-corrected chi connectivity index (χ1v) is 24.2. The van der Waals surface area contributed by atoms with Crippen molar-refractivity contribution in [3.63, 3.8) is 0 Å². The Kier molecular flexibility index (Phi) is 3.18. The average molecular weight is 383 g/mol. The van der Waals surface area contributed by atoms with Gasteiger partial charge in [0.05, 0.1) is 0 Å². The number of allylic oxidation sites excluding steroid dienone is 1. The van der Waals surface area contributed by atoms with E-state index in [0.29, 0.717) is 0 Å². The van der Waals surface area contributed by atoms with Crippen LogP contribution in [0.2, 0.25) is 22.5 Å². The Hall–Kier alpha value is 0.0470. The summed E-state index contributed by atoms with van der Waals surface area (Å²) in [4.78, 5) is 0. The zero-order valence-electron chi connectivity index (χ0n) is 10.1. The molecule has 15 heavy (non-hydrogen) atoms. The van der Waals surface area contributed by atoms with Gasteiger partial charge in [0.2, 0.25) is 0 Å². The number of hydrogen-bond acceptors (Lipinski definition) is 0. The third-order valence-electron chi connectivity index (χ3n) is 4.09. The van der Waals surface area contributed by atoms with E-state index in [2.05, 4.69) is 58.9 Å². The summed E-state index contributed by atoms with van der Waals surface area (Å²) in [5.74, 6) is -0.421. The zero-order valence-corrected chi connectivity index (χ0v) is 14.9. The van der Waals surface area contributed by atoms with Crippen molar-refractivity contribution >= 4 is 12.1 Å². The maximum absolute atomic E-state index is 2.65. The van der Waals surface area contributed by atoms with Crippen LogP contribution in [0.5, 0.6) is 0 Å². The van der Waals surface area contributed by atoms with Crippen LogP contribution in [-0.2, 0) is 19.1 Å². The molecule has 0 aromatic heterocycles. The fourth-order valence-corrected chi connectivity index (χ4v) is 19.0. The summed E-state index contributed by atoms with van der Waals surface area (Å²) >= 11 is -1.96. The molecule has 0 aliphatic heterocycles. The maximum atomic E-state index is 2.65. The van der Waals surface area contributed by atoms with Crippen LogP contribution in [0.25, 0.3) is 6.08 Å². The first kappa shape index (κ1) is 11.5. The molecule has 80 valence electrons. The quantitative estimate of drug-likeness (QED) is 0.678. The Balaban J connectivity index is 2.40. The second-order valence-corrected chi connectivity index (χ2v) is 47.7. The third kappa shape index (κ3) is 1.99. The monoisotopic (exact) mass is 384 g/mol. The van der Waals surface area contributed by atoms with E-state index in [1.807, 2.05) is 0 Å². The second kappa shape index (κ2) is 4.14. The molecule has 2 heteroatoms. The molecule has 0 radical (unpaired) electrons. The molecule has 0 spiro atoms. The summed E-state index contributed by atoms with van der Waals surface area (Å²) < 4.78 is 6.17. The van der Waals surface area contributed by atoms with Crippen LogP contribution >= 0.6 is 0 Å². The fraction of sp³-hybridized carbons (Fsp3) is 0.385. The number of benzene rings is 1. The van der Waals surface area contributed by atoms with Gasteiger partial charge in [-0.1, -0.05) is 0 Å². The van der Waals surface area contributed by atoms with Gasteiger partial charge in [0, 0.05) is 0 Å². The van der Waals surface area contributed by atoms with Crippen LogP contribution < -0.4 is 0 Å². The van der Waals surface area contributed by atoms with Crippen LogP contribution in [0.4, 0.5) is 0 Å². The van der Waals surface area contributed by atoms with Crippen LogP contribution in [0.3, 0.4) is 0 Å². The summed E-state index contributed by atoms with van der Waals surface area (Å²) in [6.07, 6.45) is 4.84. The molecule has 0 heterocycles. The van der Waals surface area contributed by atoms with Crippen LogP contribution in [0.1, 0.15) is 14.8 Å². The molecule has 1 aliphatic carbocycles. The zero-order chi connectivity index (χ0) is 11.1. The van der Waals surface area contributed by atoms with Crippen molar-refractivity contribution in [1.82, 2.24) is 0 Å². The molecule has 2 rings (SSSR count). The normalized spacial score (nSPS) is 19.7. The van der Waals surface area contributed by atoms with Gasteiger partial charge in [-0.3, -0.25) is 0 Å². The SMILES string of the molecule is C[SiH](C)[Hf]([CH3])([CH3])[CH]1C=Cc2ccccc21. The molecule has 1 aromatic carbocycles. The standard InChI is InChI=1S/C9H7.C2H7Si.2CH3.Hf/c1-2-5-9-7-3-6-8(9)4-1;1-3-2;;;/h1-7H;3H,1-2H3;2*1H3;. The van der Waals surface area contributed by atoms with E-state index in [-0.39, 0.29) is 0 Å². The van der Waals surface area contributed by atoms with Crippen molar-refractivity contribution in [2.24, 2.45) is 0 Å². The number of rotatable bonds is 2. The van der Waals surface area contributed by atoms with Gasteiger partial charge in [0.25, 0.3) is 0 Å². The molecule has 0 amide bonds. The van der Waals surface area contributed by atoms with Crippen molar-refractivity contribution in [2.75, 3.05) is 0 Å². The van der Waals surface area contributed by atoms with Crippen LogP contribution in [0.15, 0.2) is 30.3 Å². The van der Waals surface area contributed by atoms with E-state index in [1.54, 1.807) is 5.56 Å². The minimum absolute atomic E-state index is 0.421. The molecule has 0 saturated heterocycles. The van der Waals surface area contributed by atoms with Gasteiger partial charge in [-0.05, 0) is 0 Å². The van der Waals surface area contributed by atoms with Gasteiger partial charge in [-0.25, -0.2) is 0 Å². The van der Waals surface area contributed by atoms with E-state index in [9.17, 15) is 0 Å². The van der Waals surface area contributed by atoms with Crippen LogP contribution in [0, 0.1) is 0 Å². The Morgan fingerprint density at radius 2 is 1.80 bits per heavy atom. The molecule has 0 nitrogen and oxygen atoms in total. The molecule has 0 saturated carbocycles. The molecular formula is C13H20HfSi. The molecule has 0 N–H and O–H groups in total. The Morgan fingerprint density at radius 3 is 2.47 bits per heavy atom. The van der Waals surface area contributed by atoms with Crippen molar-refractivity contribution in [3.05, 3.63) is 41.5 Å². The molecule has 0 fully saturated rings. The van der Waals surface area contributed by atoms with E-state index in [4.69, 9.17) is 0 Å². The summed E-state index contributed by atoms with van der Waals surface area (Å²) in [5.41, 5.74) is 3.11. The van der Waals surface area contributed by atoms with Crippen molar-refractivity contribution in [2.45, 2.75) is 26.1 Å². The van der Waals surface area contributed by atoms with E-state index in [0.717, 1.165) is 3.67 Å². The van der Waals surface area contributed by atoms with E-state index in [1.165, 1.54) is 5.56 Å². The van der Waals surface area contributed by atoms with Crippen molar-refractivity contribution in [1.29, 1.82) is 0 Å². The Bertz CT molecular complexity index is 393. The van der Waals surface area contributed by atoms with E-state index < -0.39 is 25.1 Å². The summed E-state index contributed by atoms with van der Waals surface area (Å²) in [6.45, 7) is 5.10. The molecule has 0 bridgehead atoms. The molecule has 1 unspecified atom stereocenters. The Labute approximate surface area is 98.3 Å². The van der Waals surface area contributed by atoms with Gasteiger partial charge < -0.3 is 0 Å². The van der Waals surface area contributed by atoms with Gasteiger partial charge in [0.1, 0.15) is 0 Å². The van der Waals surface area contributed by atoms with Crippen molar-refractivity contribution < 1.29 is 19.1 Å². The predicted octanol–water partition coefficient (Wildman–Crippen LogP) is 3.99. The third-order valence-corrected chi connectivity index (χ3v) is 49.6. The van der Waals surface area contributed by atoms with Gasteiger partial charge in [-0.2, -0.15) is 0 Å². The first-order valence-electron chi connectivity index (χ1n) is 5.80. The second-order valence-electron chi connectivity index (χ2n) is 5.44. The van der Waals surface area contributed by atoms with Crippen molar-refractivity contribution in [3.8, 4) is 0 Å². The molecule has 1 aliphatic rings. The number of fused-ring (bicyclic) bond motifs is 1. The van der Waals surface area contributed by atoms with Crippen LogP contribution in [-0.4, -0.2) is 5.98 Å². The molecular weight excluding hydrogens is 363 g/mol. The summed E-state index contributed by atoms with van der Waals surface area (Å²) in [6, 6.07) is 8.96. The molecule has 1 atom stereocenters. The Morgan fingerprint density at radius 1 is 1.13 bits per heavy atom. The fourth-order valence-electron chi connectivity index (χ4n) is 2.26. The number of hydrogen-bond donors (Lipinski definition) is 0. The topological polar surface area (TPSA) is 0 Å². The summed E-state index contributed by atoms with van der Waals surface area (Å²) in [7, 11) is 0. The van der Waals surface area contributed by atoms with Gasteiger partial charge in [-0.15, -0.1) is 0 Å². The first-order chi connectivity index (χ1) is 7.03. The minimum atomic E-state index is -1.96. The molecule has 1 aromatic rings. The predicted molar refractivity (Wildman–Crippen MR) is 68.8 cm³/mol. The van der Waals surface area contributed by atoms with Gasteiger partial charge >= 0.3 is 98.8 Å². The van der Waals surface area contributed by atoms with Gasteiger partial charge in [0.15, 0.2) is 0 Å².